The van der Waals surface area contributed by atoms with Crippen LogP contribution in [0.3, 0.4) is 0 Å². The molecule has 0 aliphatic heterocycles. The Bertz CT molecular complexity index is 119. The average Bonchev–Trinajstić information content (AvgIpc) is 1.79. The van der Waals surface area contributed by atoms with Gasteiger partial charge in [-0.05, 0) is 0 Å². The molecule has 0 aliphatic carbocycles. The van der Waals surface area contributed by atoms with Crippen molar-refractivity contribution in [3.8, 4) is 0 Å². The van der Waals surface area contributed by atoms with Crippen molar-refractivity contribution < 1.29 is 19.1 Å². The van der Waals surface area contributed by atoms with E-state index >= 15 is 0 Å². The highest BCUT2D eigenvalue weighted by molar-refractivity contribution is 7.96. The first kappa shape index (κ1) is 9.64. The average molecular weight is 182 g/mol. The Hall–Kier alpha value is -0.360. The van der Waals surface area contributed by atoms with Crippen LogP contribution in [-0.2, 0) is 9.47 Å². The molecule has 0 heterocycles. The van der Waals surface area contributed by atoms with Gasteiger partial charge in [-0.2, -0.15) is 0 Å². The Morgan fingerprint density at radius 2 is 1.30 bits per heavy atom. The predicted octanol–water partition coefficient (Wildman–Crippen LogP) is 1.12. The van der Waals surface area contributed by atoms with Crippen LogP contribution < -0.4 is 0 Å². The van der Waals surface area contributed by atoms with Gasteiger partial charge in [0.05, 0.1) is 0 Å². The van der Waals surface area contributed by atoms with Crippen molar-refractivity contribution in [2.45, 2.75) is 0 Å². The van der Waals surface area contributed by atoms with E-state index < -0.39 is 10.6 Å². The van der Waals surface area contributed by atoms with Crippen molar-refractivity contribution in [3.63, 3.8) is 0 Å². The van der Waals surface area contributed by atoms with E-state index in [1.165, 1.54) is 0 Å². The molecule has 10 heavy (non-hydrogen) atoms. The zero-order chi connectivity index (χ0) is 7.98. The minimum absolute atomic E-state index is 0.00856. The summed E-state index contributed by atoms with van der Waals surface area (Å²) in [5.74, 6) is 0. The summed E-state index contributed by atoms with van der Waals surface area (Å²) >= 11 is 6.60. The standard InChI is InChI=1S/C4H6O4S2/c5-3(9)7-1-2-8-4(6)10/h1-2H2,(H,5,9)(H,6,10). The molecular formula is C4H6O4S2. The smallest absolute Gasteiger partial charge is 0.364 e. The van der Waals surface area contributed by atoms with Gasteiger partial charge in [0, 0.05) is 0 Å². The minimum Gasteiger partial charge on any atom is -0.454 e. The van der Waals surface area contributed by atoms with Gasteiger partial charge < -0.3 is 9.47 Å². The quantitative estimate of drug-likeness (QED) is 0.390. The van der Waals surface area contributed by atoms with Crippen molar-refractivity contribution in [1.82, 2.24) is 0 Å². The largest absolute Gasteiger partial charge is 0.454 e. The summed E-state index contributed by atoms with van der Waals surface area (Å²) in [4.78, 5) is 19.9. The normalized spacial score (nSPS) is 8.60. The van der Waals surface area contributed by atoms with Gasteiger partial charge in [-0.25, -0.2) is 9.59 Å². The van der Waals surface area contributed by atoms with Gasteiger partial charge in [-0.3, -0.25) is 0 Å². The van der Waals surface area contributed by atoms with Crippen LogP contribution in [0.25, 0.3) is 0 Å². The maximum atomic E-state index is 9.97. The fourth-order valence-corrected chi connectivity index (χ4v) is 0.441. The highest BCUT2D eigenvalue weighted by atomic mass is 32.1. The summed E-state index contributed by atoms with van der Waals surface area (Å²) in [5, 5.41) is -1.40. The summed E-state index contributed by atoms with van der Waals surface area (Å²) < 4.78 is 8.61. The third-order valence-electron chi connectivity index (χ3n) is 0.534. The molecule has 0 unspecified atom stereocenters. The van der Waals surface area contributed by atoms with E-state index in [0.29, 0.717) is 0 Å². The molecule has 0 saturated carbocycles. The second kappa shape index (κ2) is 5.43. The lowest BCUT2D eigenvalue weighted by Crippen LogP contribution is -2.06. The van der Waals surface area contributed by atoms with Crippen LogP contribution in [0, 0.1) is 0 Å². The third kappa shape index (κ3) is 7.64. The Kier molecular flexibility index (Phi) is 5.23. The van der Waals surface area contributed by atoms with Crippen molar-refractivity contribution in [1.29, 1.82) is 0 Å². The van der Waals surface area contributed by atoms with Crippen LogP contribution in [0.4, 0.5) is 9.59 Å². The molecule has 6 heteroatoms. The highest BCUT2D eigenvalue weighted by Crippen LogP contribution is 1.88. The number of hydrogen-bond donors (Lipinski definition) is 2. The molecule has 58 valence electrons. The van der Waals surface area contributed by atoms with Gasteiger partial charge in [0.25, 0.3) is 0 Å². The van der Waals surface area contributed by atoms with E-state index in [9.17, 15) is 9.59 Å². The zero-order valence-corrected chi connectivity index (χ0v) is 6.73. The molecule has 0 radical (unpaired) electrons. The zero-order valence-electron chi connectivity index (χ0n) is 4.94. The first-order valence-electron chi connectivity index (χ1n) is 2.34. The van der Waals surface area contributed by atoms with Crippen LogP contribution >= 0.6 is 25.3 Å². The topological polar surface area (TPSA) is 52.6 Å². The van der Waals surface area contributed by atoms with E-state index in [1.807, 2.05) is 0 Å². The Balaban J connectivity index is 3.06. The van der Waals surface area contributed by atoms with Gasteiger partial charge >= 0.3 is 10.6 Å². The van der Waals surface area contributed by atoms with E-state index in [4.69, 9.17) is 0 Å². The Morgan fingerprint density at radius 3 is 1.50 bits per heavy atom. The van der Waals surface area contributed by atoms with Gasteiger partial charge in [-0.1, -0.05) is 25.3 Å². The number of carbonyl (C=O) groups excluding carboxylic acids is 2. The second-order valence-corrected chi connectivity index (χ2v) is 1.96. The van der Waals surface area contributed by atoms with Gasteiger partial charge in [0.2, 0.25) is 0 Å². The molecule has 0 aliphatic rings. The van der Waals surface area contributed by atoms with Crippen LogP contribution in [0.2, 0.25) is 0 Å². The van der Waals surface area contributed by atoms with E-state index in [-0.39, 0.29) is 13.2 Å². The first-order valence-corrected chi connectivity index (χ1v) is 3.24. The molecule has 0 aromatic heterocycles. The molecule has 0 bridgehead atoms. The fraction of sp³-hybridized carbons (Fsp3) is 0.500. The van der Waals surface area contributed by atoms with Crippen LogP contribution in [-0.4, -0.2) is 23.8 Å². The summed E-state index contributed by atoms with van der Waals surface area (Å²) in [5.41, 5.74) is 0. The summed E-state index contributed by atoms with van der Waals surface area (Å²) in [7, 11) is 0. The molecule has 4 nitrogen and oxygen atoms in total. The lowest BCUT2D eigenvalue weighted by Gasteiger charge is -1.99. The van der Waals surface area contributed by atoms with Crippen molar-refractivity contribution in [3.05, 3.63) is 0 Å². The predicted molar refractivity (Wildman–Crippen MR) is 40.7 cm³/mol. The molecule has 0 spiro atoms. The van der Waals surface area contributed by atoms with Crippen molar-refractivity contribution in [2.24, 2.45) is 0 Å². The molecule has 0 rings (SSSR count). The summed E-state index contributed by atoms with van der Waals surface area (Å²) in [6, 6.07) is 0. The maximum absolute atomic E-state index is 9.97. The molecule has 0 fully saturated rings. The van der Waals surface area contributed by atoms with Crippen molar-refractivity contribution in [2.75, 3.05) is 13.2 Å². The SMILES string of the molecule is O=C(S)OCCOC(=O)S. The van der Waals surface area contributed by atoms with E-state index in [1.54, 1.807) is 0 Å². The maximum Gasteiger partial charge on any atom is 0.364 e. The minimum atomic E-state index is -0.699. The van der Waals surface area contributed by atoms with Gasteiger partial charge in [0.15, 0.2) is 0 Å². The molecule has 0 N–H and O–H groups in total. The third-order valence-corrected chi connectivity index (χ3v) is 0.793. The molecule has 0 saturated heterocycles. The number of ether oxygens (including phenoxy) is 2. The molecule has 0 atom stereocenters. The van der Waals surface area contributed by atoms with Gasteiger partial charge in [-0.15, -0.1) is 0 Å². The number of rotatable bonds is 3. The molecule has 0 amide bonds. The number of thiol groups is 2. The Labute approximate surface area is 68.7 Å². The van der Waals surface area contributed by atoms with E-state index in [0.717, 1.165) is 0 Å². The molecule has 0 aromatic carbocycles. The lowest BCUT2D eigenvalue weighted by molar-refractivity contribution is 0.123. The van der Waals surface area contributed by atoms with Gasteiger partial charge in [0.1, 0.15) is 13.2 Å². The first-order chi connectivity index (χ1) is 4.63. The summed E-state index contributed by atoms with van der Waals surface area (Å²) in [6.07, 6.45) is 0. The summed E-state index contributed by atoms with van der Waals surface area (Å²) in [6.45, 7) is 0.0171. The monoisotopic (exact) mass is 182 g/mol. The van der Waals surface area contributed by atoms with Crippen LogP contribution in [0.5, 0.6) is 0 Å². The molecular weight excluding hydrogens is 176 g/mol. The lowest BCUT2D eigenvalue weighted by atomic mass is 10.8. The molecule has 0 aromatic rings. The van der Waals surface area contributed by atoms with Crippen LogP contribution in [0.15, 0.2) is 0 Å². The fourth-order valence-electron chi connectivity index (χ4n) is 0.258. The highest BCUT2D eigenvalue weighted by Gasteiger charge is 1.95. The second-order valence-electron chi connectivity index (χ2n) is 1.23. The number of carbonyl (C=O) groups is 2. The van der Waals surface area contributed by atoms with E-state index in [2.05, 4.69) is 34.7 Å². The van der Waals surface area contributed by atoms with Crippen molar-refractivity contribution >= 4 is 35.9 Å². The van der Waals surface area contributed by atoms with Crippen LogP contribution in [0.1, 0.15) is 0 Å². The Morgan fingerprint density at radius 1 is 1.00 bits per heavy atom. The number of hydrogen-bond acceptors (Lipinski definition) is 4.